The SMILES string of the molecule is Cc1cc(F)cc(NCc2nc(-c3ccc4ncnn4c3)c(-c3cccc(C)n3)[nH]2)c1. The van der Waals surface area contributed by atoms with Crippen LogP contribution in [0.15, 0.2) is 61.1 Å². The molecular formula is C23H20FN7. The summed E-state index contributed by atoms with van der Waals surface area (Å²) in [6, 6.07) is 14.6. The van der Waals surface area contributed by atoms with Crippen LogP contribution in [0.2, 0.25) is 0 Å². The highest BCUT2D eigenvalue weighted by atomic mass is 19.1. The molecule has 0 aliphatic rings. The fourth-order valence-electron chi connectivity index (χ4n) is 3.56. The smallest absolute Gasteiger partial charge is 0.155 e. The molecule has 2 N–H and O–H groups in total. The first-order chi connectivity index (χ1) is 15.0. The summed E-state index contributed by atoms with van der Waals surface area (Å²) in [4.78, 5) is 17.1. The van der Waals surface area contributed by atoms with Gasteiger partial charge in [0.1, 0.15) is 18.0 Å². The van der Waals surface area contributed by atoms with Crippen molar-refractivity contribution in [3.8, 4) is 22.6 Å². The molecular weight excluding hydrogens is 393 g/mol. The Bertz CT molecular complexity index is 1370. The molecule has 8 heteroatoms. The van der Waals surface area contributed by atoms with Crippen molar-refractivity contribution in [2.24, 2.45) is 0 Å². The number of imidazole rings is 1. The number of hydrogen-bond acceptors (Lipinski definition) is 5. The van der Waals surface area contributed by atoms with Gasteiger partial charge in [-0.05, 0) is 61.9 Å². The maximum atomic E-state index is 13.7. The molecule has 5 aromatic rings. The number of nitrogens with one attached hydrogen (secondary N) is 2. The van der Waals surface area contributed by atoms with Crippen LogP contribution in [0.25, 0.3) is 28.3 Å². The van der Waals surface area contributed by atoms with Crippen LogP contribution < -0.4 is 5.32 Å². The van der Waals surface area contributed by atoms with E-state index in [-0.39, 0.29) is 5.82 Å². The van der Waals surface area contributed by atoms with Crippen LogP contribution in [0.5, 0.6) is 0 Å². The molecule has 31 heavy (non-hydrogen) atoms. The molecule has 0 radical (unpaired) electrons. The monoisotopic (exact) mass is 413 g/mol. The second kappa shape index (κ2) is 7.64. The van der Waals surface area contributed by atoms with Gasteiger partial charge in [0.05, 0.1) is 23.6 Å². The summed E-state index contributed by atoms with van der Waals surface area (Å²) in [6.07, 6.45) is 3.41. The molecule has 0 atom stereocenters. The summed E-state index contributed by atoms with van der Waals surface area (Å²) < 4.78 is 15.4. The predicted molar refractivity (Wildman–Crippen MR) is 117 cm³/mol. The van der Waals surface area contributed by atoms with Gasteiger partial charge in [0, 0.05) is 23.1 Å². The van der Waals surface area contributed by atoms with Gasteiger partial charge in [-0.15, -0.1) is 0 Å². The summed E-state index contributed by atoms with van der Waals surface area (Å²) >= 11 is 0. The number of aromatic nitrogens is 6. The first-order valence-corrected chi connectivity index (χ1v) is 9.89. The Balaban J connectivity index is 1.54. The van der Waals surface area contributed by atoms with E-state index >= 15 is 0 Å². The van der Waals surface area contributed by atoms with E-state index < -0.39 is 0 Å². The molecule has 0 fully saturated rings. The molecule has 7 nitrogen and oxygen atoms in total. The van der Waals surface area contributed by atoms with E-state index in [1.807, 2.05) is 56.4 Å². The van der Waals surface area contributed by atoms with Gasteiger partial charge in [-0.1, -0.05) is 6.07 Å². The number of anilines is 1. The second-order valence-electron chi connectivity index (χ2n) is 7.42. The topological polar surface area (TPSA) is 83.8 Å². The highest BCUT2D eigenvalue weighted by molar-refractivity contribution is 5.77. The molecule has 0 amide bonds. The van der Waals surface area contributed by atoms with Crippen LogP contribution in [-0.4, -0.2) is 29.5 Å². The molecule has 0 aliphatic carbocycles. The van der Waals surface area contributed by atoms with Gasteiger partial charge in [0.25, 0.3) is 0 Å². The van der Waals surface area contributed by atoms with Crippen LogP contribution in [0, 0.1) is 19.7 Å². The largest absolute Gasteiger partial charge is 0.378 e. The summed E-state index contributed by atoms with van der Waals surface area (Å²) in [7, 11) is 0. The average molecular weight is 413 g/mol. The number of benzene rings is 1. The standard InChI is InChI=1S/C23H20FN7/c1-14-8-17(24)10-18(9-14)25-11-20-29-22(16-6-7-21-26-13-27-31(21)12-16)23(30-20)19-5-3-4-15(2)28-19/h3-10,12-13,25H,11H2,1-2H3,(H,29,30). The number of nitrogens with zero attached hydrogens (tertiary/aromatic N) is 5. The Kier molecular flexibility index (Phi) is 4.66. The molecule has 0 saturated carbocycles. The lowest BCUT2D eigenvalue weighted by Crippen LogP contribution is -2.02. The highest BCUT2D eigenvalue weighted by Gasteiger charge is 2.16. The van der Waals surface area contributed by atoms with E-state index in [4.69, 9.17) is 4.98 Å². The van der Waals surface area contributed by atoms with E-state index in [0.717, 1.165) is 39.5 Å². The van der Waals surface area contributed by atoms with E-state index in [9.17, 15) is 4.39 Å². The van der Waals surface area contributed by atoms with Crippen LogP contribution in [-0.2, 0) is 6.54 Å². The molecule has 0 unspecified atom stereocenters. The number of pyridine rings is 2. The van der Waals surface area contributed by atoms with Crippen molar-refractivity contribution >= 4 is 11.3 Å². The zero-order valence-corrected chi connectivity index (χ0v) is 17.1. The minimum absolute atomic E-state index is 0.270. The van der Waals surface area contributed by atoms with Crippen LogP contribution in [0.3, 0.4) is 0 Å². The fraction of sp³-hybridized carbons (Fsp3) is 0.130. The van der Waals surface area contributed by atoms with Gasteiger partial charge in [0.2, 0.25) is 0 Å². The Hall–Kier alpha value is -4.07. The lowest BCUT2D eigenvalue weighted by molar-refractivity contribution is 0.627. The zero-order valence-electron chi connectivity index (χ0n) is 17.1. The van der Waals surface area contributed by atoms with Gasteiger partial charge in [-0.25, -0.2) is 18.9 Å². The number of aryl methyl sites for hydroxylation is 2. The fourth-order valence-corrected chi connectivity index (χ4v) is 3.56. The van der Waals surface area contributed by atoms with Crippen molar-refractivity contribution in [1.82, 2.24) is 29.5 Å². The van der Waals surface area contributed by atoms with Gasteiger partial charge in [-0.2, -0.15) is 5.10 Å². The van der Waals surface area contributed by atoms with Crippen LogP contribution in [0.1, 0.15) is 17.1 Å². The Morgan fingerprint density at radius 1 is 1.06 bits per heavy atom. The molecule has 0 spiro atoms. The molecule has 0 bridgehead atoms. The maximum Gasteiger partial charge on any atom is 0.155 e. The number of aromatic amines is 1. The van der Waals surface area contributed by atoms with Crippen LogP contribution in [0.4, 0.5) is 10.1 Å². The molecule has 1 aromatic carbocycles. The minimum Gasteiger partial charge on any atom is -0.378 e. The van der Waals surface area contributed by atoms with Crippen molar-refractivity contribution in [3.05, 3.63) is 84.0 Å². The molecule has 4 heterocycles. The van der Waals surface area contributed by atoms with Crippen molar-refractivity contribution in [3.63, 3.8) is 0 Å². The van der Waals surface area contributed by atoms with Crippen LogP contribution >= 0.6 is 0 Å². The third kappa shape index (κ3) is 3.87. The summed E-state index contributed by atoms with van der Waals surface area (Å²) in [5, 5.41) is 7.47. The number of fused-ring (bicyclic) bond motifs is 1. The third-order valence-corrected chi connectivity index (χ3v) is 4.95. The lowest BCUT2D eigenvalue weighted by atomic mass is 10.1. The number of rotatable bonds is 5. The minimum atomic E-state index is -0.270. The van der Waals surface area contributed by atoms with E-state index in [1.165, 1.54) is 18.5 Å². The van der Waals surface area contributed by atoms with Gasteiger partial charge < -0.3 is 10.3 Å². The quantitative estimate of drug-likeness (QED) is 0.442. The van der Waals surface area contributed by atoms with Crippen molar-refractivity contribution in [2.75, 3.05) is 5.32 Å². The first-order valence-electron chi connectivity index (χ1n) is 9.89. The number of H-pyrrole nitrogens is 1. The van der Waals surface area contributed by atoms with Crippen molar-refractivity contribution in [2.45, 2.75) is 20.4 Å². The number of halogens is 1. The molecule has 0 aliphatic heterocycles. The highest BCUT2D eigenvalue weighted by Crippen LogP contribution is 2.29. The van der Waals surface area contributed by atoms with Crippen molar-refractivity contribution < 1.29 is 4.39 Å². The molecule has 154 valence electrons. The third-order valence-electron chi connectivity index (χ3n) is 4.95. The second-order valence-corrected chi connectivity index (χ2v) is 7.42. The maximum absolute atomic E-state index is 13.7. The van der Waals surface area contributed by atoms with E-state index in [0.29, 0.717) is 18.1 Å². The average Bonchev–Trinajstić information content (AvgIpc) is 3.38. The van der Waals surface area contributed by atoms with Gasteiger partial charge in [-0.3, -0.25) is 4.98 Å². The first kappa shape index (κ1) is 18.9. The Morgan fingerprint density at radius 3 is 2.81 bits per heavy atom. The molecule has 5 rings (SSSR count). The summed E-state index contributed by atoms with van der Waals surface area (Å²) in [5.74, 6) is 0.447. The Morgan fingerprint density at radius 2 is 1.97 bits per heavy atom. The normalized spacial score (nSPS) is 11.2. The van der Waals surface area contributed by atoms with Gasteiger partial charge >= 0.3 is 0 Å². The lowest BCUT2D eigenvalue weighted by Gasteiger charge is -2.06. The summed E-state index contributed by atoms with van der Waals surface area (Å²) in [6.45, 7) is 4.23. The molecule has 4 aromatic heterocycles. The van der Waals surface area contributed by atoms with Crippen molar-refractivity contribution in [1.29, 1.82) is 0 Å². The zero-order chi connectivity index (χ0) is 21.4. The van der Waals surface area contributed by atoms with Gasteiger partial charge in [0.15, 0.2) is 5.65 Å². The molecule has 0 saturated heterocycles. The van der Waals surface area contributed by atoms with E-state index in [1.54, 1.807) is 4.52 Å². The Labute approximate surface area is 178 Å². The predicted octanol–water partition coefficient (Wildman–Crippen LogP) is 4.55. The summed E-state index contributed by atoms with van der Waals surface area (Å²) in [5.41, 5.74) is 6.51. The van der Waals surface area contributed by atoms with E-state index in [2.05, 4.69) is 25.4 Å². The number of hydrogen-bond donors (Lipinski definition) is 2.